The summed E-state index contributed by atoms with van der Waals surface area (Å²) in [5, 5.41) is 0.706. The number of likely N-dealkylation sites (tertiary alicyclic amines) is 1. The molecule has 1 aliphatic rings. The van der Waals surface area contributed by atoms with Gasteiger partial charge >= 0.3 is 0 Å². The molecule has 0 spiro atoms. The van der Waals surface area contributed by atoms with E-state index >= 15 is 0 Å². The lowest BCUT2D eigenvalue weighted by molar-refractivity contribution is -0.132. The second kappa shape index (κ2) is 6.92. The summed E-state index contributed by atoms with van der Waals surface area (Å²) in [6, 6.07) is 5.86. The van der Waals surface area contributed by atoms with E-state index in [2.05, 4.69) is 0 Å². The van der Waals surface area contributed by atoms with Gasteiger partial charge in [-0.05, 0) is 30.0 Å². The molecule has 0 atom stereocenters. The fourth-order valence-corrected chi connectivity index (χ4v) is 2.70. The summed E-state index contributed by atoms with van der Waals surface area (Å²) in [5.41, 5.74) is 7.62. The van der Waals surface area contributed by atoms with Gasteiger partial charge in [-0.3, -0.25) is 4.79 Å². The highest BCUT2D eigenvalue weighted by Gasteiger charge is 2.16. The molecule has 104 valence electrons. The van der Waals surface area contributed by atoms with E-state index in [4.69, 9.17) is 17.3 Å². The Morgan fingerprint density at radius 3 is 2.74 bits per heavy atom. The van der Waals surface area contributed by atoms with Gasteiger partial charge in [0.05, 0.1) is 0 Å². The first-order valence-corrected chi connectivity index (χ1v) is 7.33. The molecule has 1 amide bonds. The van der Waals surface area contributed by atoms with Crippen molar-refractivity contribution in [1.29, 1.82) is 0 Å². The van der Waals surface area contributed by atoms with Gasteiger partial charge in [0.1, 0.15) is 0 Å². The molecule has 1 fully saturated rings. The zero-order valence-electron chi connectivity index (χ0n) is 11.2. The second-order valence-electron chi connectivity index (χ2n) is 5.11. The van der Waals surface area contributed by atoms with E-state index in [1.54, 1.807) is 0 Å². The van der Waals surface area contributed by atoms with Gasteiger partial charge in [-0.25, -0.2) is 0 Å². The molecule has 1 aliphatic heterocycles. The van der Waals surface area contributed by atoms with Crippen molar-refractivity contribution in [2.24, 2.45) is 5.73 Å². The number of nitrogens with zero attached hydrogens (tertiary/aromatic N) is 1. The largest absolute Gasteiger partial charge is 0.338 e. The molecule has 2 N–H and O–H groups in total. The summed E-state index contributed by atoms with van der Waals surface area (Å²) in [6.07, 6.45) is 5.15. The lowest BCUT2D eigenvalue weighted by Crippen LogP contribution is -2.32. The van der Waals surface area contributed by atoms with Crippen molar-refractivity contribution in [3.8, 4) is 0 Å². The van der Waals surface area contributed by atoms with E-state index in [1.165, 1.54) is 12.8 Å². The van der Waals surface area contributed by atoms with Crippen molar-refractivity contribution in [1.82, 2.24) is 4.90 Å². The molecule has 19 heavy (non-hydrogen) atoms. The molecule has 1 saturated heterocycles. The van der Waals surface area contributed by atoms with Crippen LogP contribution in [0.2, 0.25) is 5.02 Å². The number of amides is 1. The molecule has 0 aromatic heterocycles. The molecule has 0 bridgehead atoms. The number of benzene rings is 1. The Morgan fingerprint density at radius 1 is 1.21 bits per heavy atom. The smallest absolute Gasteiger partial charge is 0.222 e. The highest BCUT2D eigenvalue weighted by molar-refractivity contribution is 6.31. The van der Waals surface area contributed by atoms with Crippen molar-refractivity contribution < 1.29 is 4.79 Å². The van der Waals surface area contributed by atoms with Gasteiger partial charge in [-0.1, -0.05) is 36.6 Å². The summed E-state index contributed by atoms with van der Waals surface area (Å²) in [4.78, 5) is 14.0. The third-order valence-electron chi connectivity index (χ3n) is 3.64. The highest BCUT2D eigenvalue weighted by Crippen LogP contribution is 2.21. The van der Waals surface area contributed by atoms with Crippen LogP contribution >= 0.6 is 11.6 Å². The van der Waals surface area contributed by atoms with Gasteiger partial charge in [0.2, 0.25) is 5.91 Å². The van der Waals surface area contributed by atoms with Crippen molar-refractivity contribution in [3.63, 3.8) is 0 Å². The summed E-state index contributed by atoms with van der Waals surface area (Å²) in [5.74, 6) is 0.249. The molecule has 1 aromatic rings. The Labute approximate surface area is 119 Å². The molecule has 0 unspecified atom stereocenters. The Kier molecular flexibility index (Phi) is 5.23. The predicted octanol–water partition coefficient (Wildman–Crippen LogP) is 3.09. The number of nitrogens with two attached hydrogens (primary N) is 1. The molecule has 0 radical (unpaired) electrons. The Bertz CT molecular complexity index is 448. The first-order valence-electron chi connectivity index (χ1n) is 6.96. The lowest BCUT2D eigenvalue weighted by Gasteiger charge is -2.25. The van der Waals surface area contributed by atoms with Crippen LogP contribution in [-0.4, -0.2) is 17.4 Å². The quantitative estimate of drug-likeness (QED) is 0.925. The number of rotatable bonds is 3. The van der Waals surface area contributed by atoms with Crippen LogP contribution in [0.1, 0.15) is 43.2 Å². The van der Waals surface area contributed by atoms with Crippen LogP contribution in [0.3, 0.4) is 0 Å². The summed E-state index contributed by atoms with van der Waals surface area (Å²) < 4.78 is 0. The zero-order valence-corrected chi connectivity index (χ0v) is 12.0. The van der Waals surface area contributed by atoms with Crippen molar-refractivity contribution in [2.75, 3.05) is 6.54 Å². The number of hydrogen-bond donors (Lipinski definition) is 1. The summed E-state index contributed by atoms with van der Waals surface area (Å²) >= 11 is 6.25. The molecule has 0 saturated carbocycles. The molecule has 4 heteroatoms. The van der Waals surface area contributed by atoms with Crippen LogP contribution in [0.4, 0.5) is 0 Å². The van der Waals surface area contributed by atoms with Gasteiger partial charge in [0.15, 0.2) is 0 Å². The van der Waals surface area contributed by atoms with Crippen LogP contribution < -0.4 is 5.73 Å². The minimum Gasteiger partial charge on any atom is -0.338 e. The maximum atomic E-state index is 12.1. The third kappa shape index (κ3) is 3.95. The average molecular weight is 281 g/mol. The maximum Gasteiger partial charge on any atom is 0.222 e. The van der Waals surface area contributed by atoms with Crippen molar-refractivity contribution in [3.05, 3.63) is 34.3 Å². The summed E-state index contributed by atoms with van der Waals surface area (Å²) in [6.45, 7) is 1.94. The monoisotopic (exact) mass is 280 g/mol. The number of hydrogen-bond acceptors (Lipinski definition) is 2. The molecule has 1 heterocycles. The van der Waals surface area contributed by atoms with E-state index < -0.39 is 0 Å². The van der Waals surface area contributed by atoms with Gasteiger partial charge in [0.25, 0.3) is 0 Å². The maximum absolute atomic E-state index is 12.1. The Hall–Kier alpha value is -1.06. The molecule has 0 aliphatic carbocycles. The number of halogens is 1. The van der Waals surface area contributed by atoms with Crippen LogP contribution in [0.5, 0.6) is 0 Å². The topological polar surface area (TPSA) is 46.3 Å². The van der Waals surface area contributed by atoms with E-state index in [0.717, 1.165) is 30.5 Å². The van der Waals surface area contributed by atoms with Crippen LogP contribution in [0.25, 0.3) is 0 Å². The predicted molar refractivity (Wildman–Crippen MR) is 77.8 cm³/mol. The minimum absolute atomic E-state index is 0.249. The Morgan fingerprint density at radius 2 is 2.00 bits per heavy atom. The molecular weight excluding hydrogens is 260 g/mol. The molecule has 1 aromatic carbocycles. The van der Waals surface area contributed by atoms with Gasteiger partial charge in [-0.2, -0.15) is 0 Å². The van der Waals surface area contributed by atoms with Crippen LogP contribution in [0.15, 0.2) is 18.2 Å². The third-order valence-corrected chi connectivity index (χ3v) is 3.99. The van der Waals surface area contributed by atoms with Crippen LogP contribution in [-0.2, 0) is 17.9 Å². The summed E-state index contributed by atoms with van der Waals surface area (Å²) in [7, 11) is 0. The van der Waals surface area contributed by atoms with Crippen LogP contribution in [0, 0.1) is 0 Å². The standard InChI is InChI=1S/C15H21ClN2O/c16-14-9-12(10-17)6-7-13(14)11-18-8-4-2-1-3-5-15(18)19/h6-7,9H,1-5,8,10-11,17H2. The average Bonchev–Trinajstić information content (AvgIpc) is 2.40. The molecule has 2 rings (SSSR count). The zero-order chi connectivity index (χ0) is 13.7. The number of carbonyl (C=O) groups is 1. The SMILES string of the molecule is NCc1ccc(CN2CCCCCCC2=O)c(Cl)c1. The second-order valence-corrected chi connectivity index (χ2v) is 5.52. The van der Waals surface area contributed by atoms with Gasteiger partial charge < -0.3 is 10.6 Å². The Balaban J connectivity index is 2.07. The molecular formula is C15H21ClN2O. The van der Waals surface area contributed by atoms with E-state index in [9.17, 15) is 4.79 Å². The lowest BCUT2D eigenvalue weighted by atomic mass is 10.1. The first-order chi connectivity index (χ1) is 9.20. The minimum atomic E-state index is 0.249. The van der Waals surface area contributed by atoms with Crippen molar-refractivity contribution in [2.45, 2.75) is 45.2 Å². The number of carbonyl (C=O) groups excluding carboxylic acids is 1. The fourth-order valence-electron chi connectivity index (χ4n) is 2.43. The van der Waals surface area contributed by atoms with Crippen molar-refractivity contribution >= 4 is 17.5 Å². The molecule has 3 nitrogen and oxygen atoms in total. The first kappa shape index (κ1) is 14.4. The van der Waals surface area contributed by atoms with E-state index in [-0.39, 0.29) is 5.91 Å². The van der Waals surface area contributed by atoms with Gasteiger partial charge in [-0.15, -0.1) is 0 Å². The van der Waals surface area contributed by atoms with Gasteiger partial charge in [0, 0.05) is 31.1 Å². The van der Waals surface area contributed by atoms with E-state index in [1.807, 2.05) is 23.1 Å². The highest BCUT2D eigenvalue weighted by atomic mass is 35.5. The fraction of sp³-hybridized carbons (Fsp3) is 0.533. The van der Waals surface area contributed by atoms with E-state index in [0.29, 0.717) is 24.5 Å². The normalized spacial score (nSPS) is 17.2.